The third-order valence-electron chi connectivity index (χ3n) is 2.06. The minimum Gasteiger partial charge on any atom is -0.478 e. The smallest absolute Gasteiger partial charge is 0.337 e. The lowest BCUT2D eigenvalue weighted by Gasteiger charge is -2.18. The van der Waals surface area contributed by atoms with Crippen LogP contribution in [0.3, 0.4) is 0 Å². The maximum Gasteiger partial charge on any atom is 0.337 e. The Morgan fingerprint density at radius 1 is 1.67 bits per heavy atom. The van der Waals surface area contributed by atoms with Crippen molar-refractivity contribution in [2.45, 2.75) is 13.3 Å². The lowest BCUT2D eigenvalue weighted by atomic mass is 10.2. The van der Waals surface area contributed by atoms with Crippen LogP contribution >= 0.6 is 0 Å². The highest BCUT2D eigenvalue weighted by Gasteiger charge is 2.10. The van der Waals surface area contributed by atoms with Crippen molar-refractivity contribution in [2.24, 2.45) is 0 Å². The van der Waals surface area contributed by atoms with Gasteiger partial charge in [-0.15, -0.1) is 0 Å². The summed E-state index contributed by atoms with van der Waals surface area (Å²) in [5.41, 5.74) is 6.23. The molecule has 0 unspecified atom stereocenters. The molecule has 0 saturated heterocycles. The predicted molar refractivity (Wildman–Crippen MR) is 59.2 cm³/mol. The van der Waals surface area contributed by atoms with Crippen LogP contribution in [0.1, 0.15) is 23.7 Å². The molecular formula is C10H15N3O2. The largest absolute Gasteiger partial charge is 0.478 e. The van der Waals surface area contributed by atoms with E-state index < -0.39 is 5.97 Å². The molecule has 1 aromatic heterocycles. The Morgan fingerprint density at radius 2 is 2.33 bits per heavy atom. The fourth-order valence-corrected chi connectivity index (χ4v) is 1.35. The normalized spacial score (nSPS) is 10.0. The number of hydrogen-bond acceptors (Lipinski definition) is 4. The second kappa shape index (κ2) is 4.63. The summed E-state index contributed by atoms with van der Waals surface area (Å²) in [6.45, 7) is 2.89. The van der Waals surface area contributed by atoms with Crippen LogP contribution < -0.4 is 10.6 Å². The van der Waals surface area contributed by atoms with Gasteiger partial charge in [-0.2, -0.15) is 0 Å². The van der Waals surface area contributed by atoms with E-state index in [0.717, 1.165) is 13.0 Å². The van der Waals surface area contributed by atoms with E-state index in [1.807, 2.05) is 11.9 Å². The molecule has 15 heavy (non-hydrogen) atoms. The summed E-state index contributed by atoms with van der Waals surface area (Å²) >= 11 is 0. The number of carboxylic acids is 1. The van der Waals surface area contributed by atoms with Crippen molar-refractivity contribution >= 4 is 17.5 Å². The highest BCUT2D eigenvalue weighted by molar-refractivity contribution is 5.89. The first-order valence-electron chi connectivity index (χ1n) is 4.76. The molecule has 0 saturated carbocycles. The molecule has 0 radical (unpaired) electrons. The van der Waals surface area contributed by atoms with E-state index in [2.05, 4.69) is 11.9 Å². The van der Waals surface area contributed by atoms with E-state index >= 15 is 0 Å². The van der Waals surface area contributed by atoms with Crippen LogP contribution in [-0.2, 0) is 0 Å². The topological polar surface area (TPSA) is 79.5 Å². The molecule has 1 heterocycles. The molecule has 0 fully saturated rings. The molecule has 0 aliphatic rings. The molecule has 0 bridgehead atoms. The number of nitrogen functional groups attached to an aromatic ring is 1. The van der Waals surface area contributed by atoms with Gasteiger partial charge in [0.05, 0.1) is 11.3 Å². The average molecular weight is 209 g/mol. The van der Waals surface area contributed by atoms with Gasteiger partial charge < -0.3 is 15.7 Å². The SMILES string of the molecule is CCCN(C)c1ncc(C(=O)O)cc1N. The Labute approximate surface area is 88.5 Å². The third-order valence-corrected chi connectivity index (χ3v) is 2.06. The van der Waals surface area contributed by atoms with Gasteiger partial charge in [-0.3, -0.25) is 0 Å². The summed E-state index contributed by atoms with van der Waals surface area (Å²) in [6.07, 6.45) is 2.30. The standard InChI is InChI=1S/C10H15N3O2/c1-3-4-13(2)9-8(11)5-7(6-12-9)10(14)15/h5-6H,3-4,11H2,1-2H3,(H,14,15). The van der Waals surface area contributed by atoms with Crippen molar-refractivity contribution in [2.75, 3.05) is 24.2 Å². The van der Waals surface area contributed by atoms with Gasteiger partial charge in [0.1, 0.15) is 0 Å². The Balaban J connectivity index is 2.97. The second-order valence-electron chi connectivity index (χ2n) is 3.36. The van der Waals surface area contributed by atoms with E-state index in [-0.39, 0.29) is 5.56 Å². The zero-order valence-electron chi connectivity index (χ0n) is 8.90. The van der Waals surface area contributed by atoms with Crippen LogP contribution in [-0.4, -0.2) is 29.7 Å². The van der Waals surface area contributed by atoms with Gasteiger partial charge in [-0.1, -0.05) is 6.92 Å². The number of pyridine rings is 1. The number of rotatable bonds is 4. The zero-order chi connectivity index (χ0) is 11.4. The lowest BCUT2D eigenvalue weighted by molar-refractivity contribution is 0.0696. The van der Waals surface area contributed by atoms with E-state index in [9.17, 15) is 4.79 Å². The number of nitrogens with zero attached hydrogens (tertiary/aromatic N) is 2. The van der Waals surface area contributed by atoms with Gasteiger partial charge in [0.25, 0.3) is 0 Å². The van der Waals surface area contributed by atoms with E-state index in [1.165, 1.54) is 12.3 Å². The molecule has 0 aromatic carbocycles. The summed E-state index contributed by atoms with van der Waals surface area (Å²) in [5.74, 6) is -0.388. The van der Waals surface area contributed by atoms with E-state index in [4.69, 9.17) is 10.8 Å². The number of carboxylic acid groups (broad SMARTS) is 1. The fourth-order valence-electron chi connectivity index (χ4n) is 1.35. The molecule has 0 atom stereocenters. The average Bonchev–Trinajstić information content (AvgIpc) is 2.17. The maximum atomic E-state index is 10.7. The van der Waals surface area contributed by atoms with Crippen LogP contribution in [0.5, 0.6) is 0 Å². The second-order valence-corrected chi connectivity index (χ2v) is 3.36. The van der Waals surface area contributed by atoms with Crippen molar-refractivity contribution < 1.29 is 9.90 Å². The Kier molecular flexibility index (Phi) is 3.49. The number of carbonyl (C=O) groups is 1. The molecule has 3 N–H and O–H groups in total. The first-order chi connectivity index (χ1) is 7.06. The summed E-state index contributed by atoms with van der Waals surface area (Å²) in [4.78, 5) is 16.6. The molecule has 82 valence electrons. The number of aromatic carboxylic acids is 1. The van der Waals surface area contributed by atoms with Gasteiger partial charge in [0, 0.05) is 19.8 Å². The monoisotopic (exact) mass is 209 g/mol. The summed E-state index contributed by atoms with van der Waals surface area (Å²) in [5, 5.41) is 8.73. The molecule has 1 aromatic rings. The Morgan fingerprint density at radius 3 is 2.80 bits per heavy atom. The van der Waals surface area contributed by atoms with E-state index in [1.54, 1.807) is 0 Å². The molecule has 5 nitrogen and oxygen atoms in total. The van der Waals surface area contributed by atoms with Crippen LogP contribution in [0.2, 0.25) is 0 Å². The van der Waals surface area contributed by atoms with Gasteiger partial charge in [0.15, 0.2) is 5.82 Å². The summed E-state index contributed by atoms with van der Waals surface area (Å²) < 4.78 is 0. The van der Waals surface area contributed by atoms with Gasteiger partial charge in [0.2, 0.25) is 0 Å². The fraction of sp³-hybridized carbons (Fsp3) is 0.400. The van der Waals surface area contributed by atoms with Gasteiger partial charge >= 0.3 is 5.97 Å². The molecule has 0 aliphatic carbocycles. The molecular weight excluding hydrogens is 194 g/mol. The minimum absolute atomic E-state index is 0.112. The van der Waals surface area contributed by atoms with Crippen LogP contribution in [0, 0.1) is 0 Å². The Hall–Kier alpha value is -1.78. The molecule has 5 heteroatoms. The Bertz CT molecular complexity index is 366. The van der Waals surface area contributed by atoms with Crippen LogP contribution in [0.15, 0.2) is 12.3 Å². The van der Waals surface area contributed by atoms with Crippen molar-refractivity contribution in [1.82, 2.24) is 4.98 Å². The predicted octanol–water partition coefficient (Wildman–Crippen LogP) is 1.21. The molecule has 0 spiro atoms. The highest BCUT2D eigenvalue weighted by atomic mass is 16.4. The molecule has 1 rings (SSSR count). The van der Waals surface area contributed by atoms with Crippen molar-refractivity contribution in [3.63, 3.8) is 0 Å². The molecule has 0 amide bonds. The first kappa shape index (κ1) is 11.3. The quantitative estimate of drug-likeness (QED) is 0.779. The number of anilines is 2. The number of aromatic nitrogens is 1. The van der Waals surface area contributed by atoms with E-state index in [0.29, 0.717) is 11.5 Å². The highest BCUT2D eigenvalue weighted by Crippen LogP contribution is 2.19. The van der Waals surface area contributed by atoms with Crippen molar-refractivity contribution in [3.8, 4) is 0 Å². The molecule has 0 aliphatic heterocycles. The number of hydrogen-bond donors (Lipinski definition) is 2. The lowest BCUT2D eigenvalue weighted by Crippen LogP contribution is -2.20. The van der Waals surface area contributed by atoms with Crippen molar-refractivity contribution in [1.29, 1.82) is 0 Å². The van der Waals surface area contributed by atoms with Gasteiger partial charge in [-0.05, 0) is 12.5 Å². The minimum atomic E-state index is -1.01. The zero-order valence-corrected chi connectivity index (χ0v) is 8.90. The van der Waals surface area contributed by atoms with Crippen LogP contribution in [0.25, 0.3) is 0 Å². The van der Waals surface area contributed by atoms with Gasteiger partial charge in [-0.25, -0.2) is 9.78 Å². The first-order valence-corrected chi connectivity index (χ1v) is 4.76. The summed E-state index contributed by atoms with van der Waals surface area (Å²) in [6, 6.07) is 1.43. The maximum absolute atomic E-state index is 10.7. The van der Waals surface area contributed by atoms with Crippen molar-refractivity contribution in [3.05, 3.63) is 17.8 Å². The van der Waals surface area contributed by atoms with Crippen LogP contribution in [0.4, 0.5) is 11.5 Å². The summed E-state index contributed by atoms with van der Waals surface area (Å²) in [7, 11) is 1.88. The third kappa shape index (κ3) is 2.59. The number of nitrogens with two attached hydrogens (primary N) is 1.